The number of likely N-dealkylation sites (tertiary alicyclic amines) is 1. The summed E-state index contributed by atoms with van der Waals surface area (Å²) < 4.78 is 11.1. The van der Waals surface area contributed by atoms with Crippen molar-refractivity contribution in [1.29, 1.82) is 0 Å². The SMILES string of the molecule is COC1(NC(=O)C(=O)N2CC(C)CCC2c2ccc3c(c2)OCCN3)N=CC=CC1C(N)=O. The number of aliphatic imine (C=N–C) groups is 1. The molecule has 4 atom stereocenters. The highest BCUT2D eigenvalue weighted by molar-refractivity contribution is 6.35. The second-order valence-electron chi connectivity index (χ2n) is 8.58. The molecule has 10 nitrogen and oxygen atoms in total. The van der Waals surface area contributed by atoms with Crippen molar-refractivity contribution in [2.24, 2.45) is 22.6 Å². The largest absolute Gasteiger partial charge is 0.490 e. The predicted molar refractivity (Wildman–Crippen MR) is 121 cm³/mol. The minimum absolute atomic E-state index is 0.235. The lowest BCUT2D eigenvalue weighted by molar-refractivity contribution is -0.157. The lowest BCUT2D eigenvalue weighted by Crippen LogP contribution is -2.61. The Labute approximate surface area is 192 Å². The summed E-state index contributed by atoms with van der Waals surface area (Å²) in [6.45, 7) is 3.78. The molecule has 4 unspecified atom stereocenters. The second-order valence-corrected chi connectivity index (χ2v) is 8.58. The lowest BCUT2D eigenvalue weighted by Gasteiger charge is -2.40. The zero-order chi connectivity index (χ0) is 23.6. The van der Waals surface area contributed by atoms with Crippen molar-refractivity contribution in [2.45, 2.75) is 31.7 Å². The predicted octanol–water partition coefficient (Wildman–Crippen LogP) is 0.949. The monoisotopic (exact) mass is 455 g/mol. The summed E-state index contributed by atoms with van der Waals surface area (Å²) in [6.07, 6.45) is 6.05. The van der Waals surface area contributed by atoms with Gasteiger partial charge < -0.3 is 25.4 Å². The fourth-order valence-corrected chi connectivity index (χ4v) is 4.58. The highest BCUT2D eigenvalue weighted by Gasteiger charge is 2.46. The number of carbonyl (C=O) groups is 3. The van der Waals surface area contributed by atoms with Gasteiger partial charge in [0.15, 0.2) is 0 Å². The van der Waals surface area contributed by atoms with Gasteiger partial charge in [0.1, 0.15) is 18.3 Å². The van der Waals surface area contributed by atoms with Gasteiger partial charge in [-0.2, -0.15) is 0 Å². The van der Waals surface area contributed by atoms with Gasteiger partial charge in [-0.3, -0.25) is 19.7 Å². The maximum Gasteiger partial charge on any atom is 0.313 e. The maximum atomic E-state index is 13.4. The smallest absolute Gasteiger partial charge is 0.313 e. The third-order valence-electron chi connectivity index (χ3n) is 6.33. The number of hydrogen-bond donors (Lipinski definition) is 3. The summed E-state index contributed by atoms with van der Waals surface area (Å²) in [6, 6.07) is 5.53. The first-order valence-corrected chi connectivity index (χ1v) is 11.0. The first-order chi connectivity index (χ1) is 15.8. The minimum Gasteiger partial charge on any atom is -0.490 e. The Morgan fingerprint density at radius 1 is 1.33 bits per heavy atom. The normalized spacial score (nSPS) is 28.3. The molecule has 3 amide bonds. The molecule has 33 heavy (non-hydrogen) atoms. The number of hydrogen-bond acceptors (Lipinski definition) is 7. The van der Waals surface area contributed by atoms with Crippen LogP contribution < -0.4 is 21.1 Å². The highest BCUT2D eigenvalue weighted by atomic mass is 16.5. The molecule has 1 aromatic carbocycles. The molecule has 0 aliphatic carbocycles. The van der Waals surface area contributed by atoms with Crippen LogP contribution in [0.25, 0.3) is 0 Å². The van der Waals surface area contributed by atoms with Gasteiger partial charge in [-0.25, -0.2) is 4.99 Å². The third-order valence-corrected chi connectivity index (χ3v) is 6.33. The van der Waals surface area contributed by atoms with Gasteiger partial charge >= 0.3 is 11.8 Å². The molecule has 3 aliphatic heterocycles. The highest BCUT2D eigenvalue weighted by Crippen LogP contribution is 2.38. The lowest BCUT2D eigenvalue weighted by atomic mass is 9.89. The molecule has 4 rings (SSSR count). The number of primary amides is 1. The Balaban J connectivity index is 1.58. The molecule has 4 N–H and O–H groups in total. The van der Waals surface area contributed by atoms with E-state index in [-0.39, 0.29) is 12.0 Å². The van der Waals surface area contributed by atoms with E-state index in [1.165, 1.54) is 25.5 Å². The minimum atomic E-state index is -1.77. The molecule has 10 heteroatoms. The Kier molecular flexibility index (Phi) is 6.37. The van der Waals surface area contributed by atoms with Crippen LogP contribution >= 0.6 is 0 Å². The maximum absolute atomic E-state index is 13.4. The van der Waals surface area contributed by atoms with Crippen LogP contribution in [0.3, 0.4) is 0 Å². The van der Waals surface area contributed by atoms with Crippen molar-refractivity contribution in [3.05, 3.63) is 35.9 Å². The number of ether oxygens (including phenoxy) is 2. The summed E-state index contributed by atoms with van der Waals surface area (Å²) in [5, 5.41) is 5.79. The van der Waals surface area contributed by atoms with Crippen molar-refractivity contribution >= 4 is 29.6 Å². The van der Waals surface area contributed by atoms with Crippen molar-refractivity contribution < 1.29 is 23.9 Å². The molecule has 1 aromatic rings. The molecule has 3 aliphatic rings. The summed E-state index contributed by atoms with van der Waals surface area (Å²) >= 11 is 0. The van der Waals surface area contributed by atoms with E-state index in [1.54, 1.807) is 4.90 Å². The van der Waals surface area contributed by atoms with Crippen LogP contribution in [0, 0.1) is 11.8 Å². The van der Waals surface area contributed by atoms with E-state index < -0.39 is 29.5 Å². The molecule has 1 fully saturated rings. The van der Waals surface area contributed by atoms with Gasteiger partial charge in [-0.05, 0) is 42.5 Å². The Morgan fingerprint density at radius 2 is 2.15 bits per heavy atom. The molecular weight excluding hydrogens is 426 g/mol. The number of nitrogens with two attached hydrogens (primary N) is 1. The van der Waals surface area contributed by atoms with Crippen LogP contribution in [-0.4, -0.2) is 61.5 Å². The van der Waals surface area contributed by atoms with Gasteiger partial charge in [-0.1, -0.05) is 19.1 Å². The van der Waals surface area contributed by atoms with Gasteiger partial charge in [0.25, 0.3) is 5.85 Å². The Morgan fingerprint density at radius 3 is 2.91 bits per heavy atom. The number of carbonyl (C=O) groups excluding carboxylic acids is 3. The molecule has 3 heterocycles. The van der Waals surface area contributed by atoms with E-state index >= 15 is 0 Å². The third kappa shape index (κ3) is 4.43. The number of dihydropyridines is 1. The number of nitrogens with zero attached hydrogens (tertiary/aromatic N) is 2. The first-order valence-electron chi connectivity index (χ1n) is 11.0. The average molecular weight is 456 g/mol. The summed E-state index contributed by atoms with van der Waals surface area (Å²) in [5.74, 6) is -4.21. The van der Waals surface area contributed by atoms with E-state index in [4.69, 9.17) is 15.2 Å². The standard InChI is InChI=1S/C23H29N5O5/c1-14-5-8-18(15-6-7-17-19(12-15)33-11-10-25-17)28(13-14)22(31)21(30)27-23(32-2)16(20(24)29)4-3-9-26-23/h3-4,6-7,9,12,14,16,18,25H,5,8,10-11,13H2,1-2H3,(H2,24,29)(H,27,30). The fraction of sp³-hybridized carbons (Fsp3) is 0.478. The molecular formula is C23H29N5O5. The van der Waals surface area contributed by atoms with Crippen molar-refractivity contribution in [3.63, 3.8) is 0 Å². The number of piperidine rings is 1. The van der Waals surface area contributed by atoms with Gasteiger partial charge in [-0.15, -0.1) is 0 Å². The molecule has 176 valence electrons. The van der Waals surface area contributed by atoms with Crippen LogP contribution in [-0.2, 0) is 19.1 Å². The number of methoxy groups -OCH3 is 1. The molecule has 0 aromatic heterocycles. The average Bonchev–Trinajstić information content (AvgIpc) is 2.83. The number of fused-ring (bicyclic) bond motifs is 1. The zero-order valence-corrected chi connectivity index (χ0v) is 18.7. The number of allylic oxidation sites excluding steroid dienone is 1. The Hall–Kier alpha value is -3.40. The van der Waals surface area contributed by atoms with Crippen LogP contribution in [0.5, 0.6) is 5.75 Å². The quantitative estimate of drug-likeness (QED) is 0.457. The van der Waals surface area contributed by atoms with E-state index in [2.05, 4.69) is 15.6 Å². The number of amides is 3. The van der Waals surface area contributed by atoms with Crippen LogP contribution in [0.4, 0.5) is 5.69 Å². The van der Waals surface area contributed by atoms with Crippen LogP contribution in [0.2, 0.25) is 0 Å². The summed E-state index contributed by atoms with van der Waals surface area (Å²) in [4.78, 5) is 44.1. The number of benzene rings is 1. The fourth-order valence-electron chi connectivity index (χ4n) is 4.58. The zero-order valence-electron chi connectivity index (χ0n) is 18.7. The molecule has 0 saturated carbocycles. The van der Waals surface area contributed by atoms with Gasteiger partial charge in [0.2, 0.25) is 5.91 Å². The molecule has 1 saturated heterocycles. The van der Waals surface area contributed by atoms with Crippen LogP contribution in [0.15, 0.2) is 35.3 Å². The van der Waals surface area contributed by atoms with Crippen molar-refractivity contribution in [1.82, 2.24) is 10.2 Å². The number of nitrogens with one attached hydrogen (secondary N) is 2. The van der Waals surface area contributed by atoms with Crippen LogP contribution in [0.1, 0.15) is 31.4 Å². The summed E-state index contributed by atoms with van der Waals surface area (Å²) in [7, 11) is 1.30. The number of rotatable bonds is 4. The van der Waals surface area contributed by atoms with E-state index in [0.29, 0.717) is 19.6 Å². The van der Waals surface area contributed by atoms with Gasteiger partial charge in [0.05, 0.1) is 11.7 Å². The topological polar surface area (TPSA) is 135 Å². The first kappa shape index (κ1) is 22.8. The van der Waals surface area contributed by atoms with E-state index in [9.17, 15) is 14.4 Å². The molecule has 0 spiro atoms. The summed E-state index contributed by atoms with van der Waals surface area (Å²) in [5.41, 5.74) is 7.29. The number of anilines is 1. The van der Waals surface area contributed by atoms with Crippen molar-refractivity contribution in [2.75, 3.05) is 32.1 Å². The van der Waals surface area contributed by atoms with Crippen molar-refractivity contribution in [3.8, 4) is 5.75 Å². The van der Waals surface area contributed by atoms with Gasteiger partial charge in [0, 0.05) is 26.4 Å². The Bertz CT molecular complexity index is 1010. The molecule has 0 radical (unpaired) electrons. The van der Waals surface area contributed by atoms with E-state index in [1.807, 2.05) is 25.1 Å². The molecule has 0 bridgehead atoms. The van der Waals surface area contributed by atoms with E-state index in [0.717, 1.165) is 30.0 Å². The second kappa shape index (κ2) is 9.22.